The molecule has 5 heteroatoms. The van der Waals surface area contributed by atoms with Crippen LogP contribution in [0.2, 0.25) is 0 Å². The summed E-state index contributed by atoms with van der Waals surface area (Å²) in [5, 5.41) is 14.8. The first-order valence-corrected chi connectivity index (χ1v) is 5.78. The zero-order valence-electron chi connectivity index (χ0n) is 11.2. The van der Waals surface area contributed by atoms with E-state index >= 15 is 0 Å². The van der Waals surface area contributed by atoms with Gasteiger partial charge in [0.05, 0.1) is 7.11 Å². The molecule has 1 rings (SSSR count). The molecule has 100 valence electrons. The van der Waals surface area contributed by atoms with E-state index in [0.717, 1.165) is 22.6 Å². The molecule has 1 atom stereocenters. The number of carbonyl (C=O) groups is 1. The highest BCUT2D eigenvalue weighted by molar-refractivity contribution is 5.74. The molecule has 1 unspecified atom stereocenters. The van der Waals surface area contributed by atoms with Crippen LogP contribution in [0.3, 0.4) is 0 Å². The number of rotatable bonds is 6. The van der Waals surface area contributed by atoms with Gasteiger partial charge >= 0.3 is 5.97 Å². The fourth-order valence-electron chi connectivity index (χ4n) is 1.72. The van der Waals surface area contributed by atoms with Crippen molar-refractivity contribution in [3.8, 4) is 5.75 Å². The maximum atomic E-state index is 10.9. The molecule has 0 fully saturated rings. The van der Waals surface area contributed by atoms with E-state index in [4.69, 9.17) is 9.84 Å². The Bertz CT molecular complexity index is 432. The Morgan fingerprint density at radius 3 is 2.56 bits per heavy atom. The van der Waals surface area contributed by atoms with Crippen molar-refractivity contribution in [2.45, 2.75) is 19.9 Å². The van der Waals surface area contributed by atoms with Crippen molar-refractivity contribution >= 4 is 11.7 Å². The van der Waals surface area contributed by atoms with E-state index in [-0.39, 0.29) is 0 Å². The van der Waals surface area contributed by atoms with E-state index in [1.807, 2.05) is 26.0 Å². The number of likely N-dealkylation sites (N-methyl/N-ethyl adjacent to an activating group) is 1. The molecule has 1 aromatic rings. The summed E-state index contributed by atoms with van der Waals surface area (Å²) >= 11 is 0. The first-order valence-electron chi connectivity index (χ1n) is 5.78. The largest absolute Gasteiger partial charge is 0.496 e. The van der Waals surface area contributed by atoms with Crippen LogP contribution in [0.4, 0.5) is 5.69 Å². The van der Waals surface area contributed by atoms with Gasteiger partial charge in [0, 0.05) is 12.2 Å². The highest BCUT2D eigenvalue weighted by Crippen LogP contribution is 2.25. The van der Waals surface area contributed by atoms with Crippen LogP contribution >= 0.6 is 0 Å². The highest BCUT2D eigenvalue weighted by Gasteiger charge is 2.14. The summed E-state index contributed by atoms with van der Waals surface area (Å²) in [4.78, 5) is 10.9. The predicted molar refractivity (Wildman–Crippen MR) is 71.4 cm³/mol. The molecule has 18 heavy (non-hydrogen) atoms. The molecular formula is C13H20N2O3. The number of anilines is 1. The van der Waals surface area contributed by atoms with Crippen LogP contribution in [0, 0.1) is 13.8 Å². The first kappa shape index (κ1) is 14.3. The molecule has 0 aliphatic carbocycles. The summed E-state index contributed by atoms with van der Waals surface area (Å²) < 4.78 is 5.23. The molecule has 0 saturated heterocycles. The lowest BCUT2D eigenvalue weighted by atomic mass is 10.1. The van der Waals surface area contributed by atoms with Gasteiger partial charge in [0.25, 0.3) is 0 Å². The monoisotopic (exact) mass is 252 g/mol. The minimum Gasteiger partial charge on any atom is -0.496 e. The summed E-state index contributed by atoms with van der Waals surface area (Å²) in [6.07, 6.45) is 0. The summed E-state index contributed by atoms with van der Waals surface area (Å²) in [7, 11) is 3.27. The van der Waals surface area contributed by atoms with Gasteiger partial charge in [-0.1, -0.05) is 0 Å². The molecule has 3 N–H and O–H groups in total. The Labute approximate surface area is 107 Å². The molecule has 0 aliphatic rings. The third-order valence-corrected chi connectivity index (χ3v) is 2.89. The molecule has 0 aliphatic heterocycles. The smallest absolute Gasteiger partial charge is 0.322 e. The zero-order valence-corrected chi connectivity index (χ0v) is 11.2. The molecule has 0 spiro atoms. The molecule has 1 aromatic carbocycles. The van der Waals surface area contributed by atoms with Crippen LogP contribution in [0.5, 0.6) is 5.75 Å². The quantitative estimate of drug-likeness (QED) is 0.714. The van der Waals surface area contributed by atoms with Crippen molar-refractivity contribution in [1.29, 1.82) is 0 Å². The summed E-state index contributed by atoms with van der Waals surface area (Å²) in [6, 6.07) is 3.29. The van der Waals surface area contributed by atoms with Crippen LogP contribution in [-0.2, 0) is 4.79 Å². The van der Waals surface area contributed by atoms with E-state index in [2.05, 4.69) is 10.6 Å². The van der Waals surface area contributed by atoms with Gasteiger partial charge in [0.2, 0.25) is 0 Å². The molecule has 5 nitrogen and oxygen atoms in total. The van der Waals surface area contributed by atoms with Crippen molar-refractivity contribution in [3.05, 3.63) is 23.3 Å². The highest BCUT2D eigenvalue weighted by atomic mass is 16.5. The number of hydrogen-bond acceptors (Lipinski definition) is 4. The molecule has 0 amide bonds. The Morgan fingerprint density at radius 2 is 2.06 bits per heavy atom. The van der Waals surface area contributed by atoms with Gasteiger partial charge in [0.15, 0.2) is 0 Å². The molecule has 0 aromatic heterocycles. The maximum Gasteiger partial charge on any atom is 0.322 e. The van der Waals surface area contributed by atoms with Crippen LogP contribution in [0.15, 0.2) is 12.1 Å². The number of ether oxygens (including phenoxy) is 1. The second kappa shape index (κ2) is 6.26. The Hall–Kier alpha value is -1.75. The van der Waals surface area contributed by atoms with E-state index in [1.165, 1.54) is 0 Å². The number of methoxy groups -OCH3 is 1. The third kappa shape index (κ3) is 3.37. The number of aryl methyl sites for hydroxylation is 2. The normalized spacial score (nSPS) is 12.0. The lowest BCUT2D eigenvalue weighted by Crippen LogP contribution is -2.39. The number of benzene rings is 1. The van der Waals surface area contributed by atoms with Crippen molar-refractivity contribution in [1.82, 2.24) is 5.32 Å². The van der Waals surface area contributed by atoms with Crippen molar-refractivity contribution in [2.24, 2.45) is 0 Å². The molecule has 0 radical (unpaired) electrons. The van der Waals surface area contributed by atoms with E-state index in [9.17, 15) is 4.79 Å². The van der Waals surface area contributed by atoms with Gasteiger partial charge in [-0.15, -0.1) is 0 Å². The topological polar surface area (TPSA) is 70.6 Å². The Morgan fingerprint density at radius 1 is 1.39 bits per heavy atom. The van der Waals surface area contributed by atoms with Crippen LogP contribution in [-0.4, -0.2) is 37.8 Å². The fourth-order valence-corrected chi connectivity index (χ4v) is 1.72. The molecular weight excluding hydrogens is 232 g/mol. The van der Waals surface area contributed by atoms with Crippen molar-refractivity contribution in [3.63, 3.8) is 0 Å². The molecule has 0 bridgehead atoms. The summed E-state index contributed by atoms with van der Waals surface area (Å²) in [5.41, 5.74) is 2.97. The first-order chi connectivity index (χ1) is 8.49. The Balaban J connectivity index is 2.79. The number of aliphatic carboxylic acids is 1. The van der Waals surface area contributed by atoms with Crippen molar-refractivity contribution < 1.29 is 14.6 Å². The third-order valence-electron chi connectivity index (χ3n) is 2.89. The number of nitrogens with one attached hydrogen (secondary N) is 2. The lowest BCUT2D eigenvalue weighted by molar-refractivity contribution is -0.138. The van der Waals surface area contributed by atoms with E-state index < -0.39 is 12.0 Å². The maximum absolute atomic E-state index is 10.9. The minimum absolute atomic E-state index is 0.332. The van der Waals surface area contributed by atoms with Crippen molar-refractivity contribution in [2.75, 3.05) is 26.0 Å². The lowest BCUT2D eigenvalue weighted by Gasteiger charge is -2.16. The minimum atomic E-state index is -0.868. The van der Waals surface area contributed by atoms with Gasteiger partial charge in [-0.05, 0) is 44.2 Å². The van der Waals surface area contributed by atoms with Crippen LogP contribution in [0.1, 0.15) is 11.1 Å². The average Bonchev–Trinajstić information content (AvgIpc) is 2.33. The second-order valence-corrected chi connectivity index (χ2v) is 4.20. The summed E-state index contributed by atoms with van der Waals surface area (Å²) in [6.45, 7) is 4.24. The summed E-state index contributed by atoms with van der Waals surface area (Å²) in [5.74, 6) is -0.0330. The number of carboxylic acid groups (broad SMARTS) is 1. The zero-order chi connectivity index (χ0) is 13.7. The van der Waals surface area contributed by atoms with Gasteiger partial charge in [0.1, 0.15) is 11.8 Å². The SMILES string of the molecule is CNC(CNc1cc(C)c(OC)cc1C)C(=O)O. The second-order valence-electron chi connectivity index (χ2n) is 4.20. The van der Waals surface area contributed by atoms with Gasteiger partial charge in [-0.3, -0.25) is 4.79 Å². The fraction of sp³-hybridized carbons (Fsp3) is 0.462. The van der Waals surface area contributed by atoms with E-state index in [1.54, 1.807) is 14.2 Å². The standard InChI is InChI=1S/C13H20N2O3/c1-8-6-12(18-4)9(2)5-10(8)15-7-11(14-3)13(16)17/h5-6,11,14-15H,7H2,1-4H3,(H,16,17). The molecule has 0 saturated carbocycles. The van der Waals surface area contributed by atoms with Gasteiger partial charge < -0.3 is 20.5 Å². The van der Waals surface area contributed by atoms with Crippen LogP contribution in [0.25, 0.3) is 0 Å². The number of carboxylic acids is 1. The predicted octanol–water partition coefficient (Wildman–Crippen LogP) is 1.40. The number of hydrogen-bond donors (Lipinski definition) is 3. The average molecular weight is 252 g/mol. The van der Waals surface area contributed by atoms with Gasteiger partial charge in [-0.2, -0.15) is 0 Å². The molecule has 0 heterocycles. The van der Waals surface area contributed by atoms with Crippen LogP contribution < -0.4 is 15.4 Å². The van der Waals surface area contributed by atoms with E-state index in [0.29, 0.717) is 6.54 Å². The Kier molecular flexibility index (Phi) is 4.97. The van der Waals surface area contributed by atoms with Gasteiger partial charge in [-0.25, -0.2) is 0 Å².